The standard InChI is InChI=1S/C27H29F3N8O2/c1-17-14-18(6-7-21(17)35-26(39)34-20-5-3-4-19(15-20)27(28,29)30)23-22-24(32-16-33-25(22)37(2)36-23)31-8-9-38-10-12-40-13-11-38/h3-7,14-16H,8-13H2,1-2H3,(H,31,32,33)(H2,34,35,39). The number of alkyl halides is 3. The summed E-state index contributed by atoms with van der Waals surface area (Å²) >= 11 is 0. The van der Waals surface area contributed by atoms with Crippen molar-refractivity contribution in [2.75, 3.05) is 55.3 Å². The maximum atomic E-state index is 13.0. The van der Waals surface area contributed by atoms with Gasteiger partial charge >= 0.3 is 12.2 Å². The molecule has 0 saturated carbocycles. The molecule has 210 valence electrons. The minimum absolute atomic E-state index is 0.0372. The quantitative estimate of drug-likeness (QED) is 0.303. The average molecular weight is 555 g/mol. The molecule has 5 rings (SSSR count). The number of carbonyl (C=O) groups is 1. The zero-order valence-electron chi connectivity index (χ0n) is 22.0. The summed E-state index contributed by atoms with van der Waals surface area (Å²) in [4.78, 5) is 23.8. The van der Waals surface area contributed by atoms with E-state index in [-0.39, 0.29) is 5.69 Å². The van der Waals surface area contributed by atoms with Crippen LogP contribution in [-0.2, 0) is 18.0 Å². The van der Waals surface area contributed by atoms with Crippen LogP contribution in [-0.4, -0.2) is 70.1 Å². The molecule has 4 aromatic rings. The molecule has 3 heterocycles. The van der Waals surface area contributed by atoms with E-state index in [1.165, 1.54) is 18.5 Å². The van der Waals surface area contributed by atoms with Crippen LogP contribution in [0, 0.1) is 6.92 Å². The number of morpholine rings is 1. The largest absolute Gasteiger partial charge is 0.416 e. The number of aryl methyl sites for hydroxylation is 2. The third-order valence-electron chi connectivity index (χ3n) is 6.64. The second-order valence-corrected chi connectivity index (χ2v) is 9.46. The summed E-state index contributed by atoms with van der Waals surface area (Å²) < 4.78 is 46.1. The number of aromatic nitrogens is 4. The maximum Gasteiger partial charge on any atom is 0.416 e. The molecule has 2 aromatic carbocycles. The predicted octanol–water partition coefficient (Wildman–Crippen LogP) is 4.75. The molecule has 0 unspecified atom stereocenters. The van der Waals surface area contributed by atoms with E-state index in [0.717, 1.165) is 61.5 Å². The van der Waals surface area contributed by atoms with Crippen molar-refractivity contribution in [2.45, 2.75) is 13.1 Å². The number of nitrogens with zero attached hydrogens (tertiary/aromatic N) is 5. The number of hydrogen-bond acceptors (Lipinski definition) is 7. The number of amides is 2. The number of carbonyl (C=O) groups excluding carboxylic acids is 1. The van der Waals surface area contributed by atoms with E-state index in [2.05, 4.69) is 35.9 Å². The summed E-state index contributed by atoms with van der Waals surface area (Å²) in [6, 6.07) is 9.24. The van der Waals surface area contributed by atoms with Crippen LogP contribution in [0.5, 0.6) is 0 Å². The third kappa shape index (κ3) is 6.15. The summed E-state index contributed by atoms with van der Waals surface area (Å²) in [5.74, 6) is 0.682. The van der Waals surface area contributed by atoms with Crippen LogP contribution in [0.1, 0.15) is 11.1 Å². The summed E-state index contributed by atoms with van der Waals surface area (Å²) in [5, 5.41) is 14.1. The van der Waals surface area contributed by atoms with Gasteiger partial charge in [0.05, 0.1) is 24.2 Å². The van der Waals surface area contributed by atoms with E-state index in [1.54, 1.807) is 10.7 Å². The molecule has 0 radical (unpaired) electrons. The second-order valence-electron chi connectivity index (χ2n) is 9.46. The lowest BCUT2D eigenvalue weighted by atomic mass is 10.1. The lowest BCUT2D eigenvalue weighted by Gasteiger charge is -2.26. The number of nitrogens with one attached hydrogen (secondary N) is 3. The lowest BCUT2D eigenvalue weighted by molar-refractivity contribution is -0.137. The Morgan fingerprint density at radius 3 is 2.62 bits per heavy atom. The predicted molar refractivity (Wildman–Crippen MR) is 146 cm³/mol. The average Bonchev–Trinajstić information content (AvgIpc) is 3.27. The van der Waals surface area contributed by atoms with Crippen molar-refractivity contribution in [3.05, 3.63) is 59.9 Å². The van der Waals surface area contributed by atoms with E-state index in [9.17, 15) is 18.0 Å². The van der Waals surface area contributed by atoms with Gasteiger partial charge in [-0.2, -0.15) is 18.3 Å². The zero-order valence-corrected chi connectivity index (χ0v) is 22.0. The van der Waals surface area contributed by atoms with Crippen LogP contribution in [0.2, 0.25) is 0 Å². The molecular formula is C27H29F3N8O2. The van der Waals surface area contributed by atoms with Crippen LogP contribution in [0.3, 0.4) is 0 Å². The first-order chi connectivity index (χ1) is 19.2. The molecule has 1 fully saturated rings. The molecule has 0 bridgehead atoms. The fourth-order valence-corrected chi connectivity index (χ4v) is 4.59. The molecule has 0 spiro atoms. The second kappa shape index (κ2) is 11.5. The van der Waals surface area contributed by atoms with E-state index < -0.39 is 17.8 Å². The highest BCUT2D eigenvalue weighted by Crippen LogP contribution is 2.33. The van der Waals surface area contributed by atoms with Crippen molar-refractivity contribution >= 4 is 34.3 Å². The fourth-order valence-electron chi connectivity index (χ4n) is 4.59. The molecule has 0 aliphatic carbocycles. The monoisotopic (exact) mass is 554 g/mol. The molecule has 10 nitrogen and oxygen atoms in total. The van der Waals surface area contributed by atoms with Gasteiger partial charge in [-0.05, 0) is 42.8 Å². The van der Waals surface area contributed by atoms with Crippen LogP contribution >= 0.6 is 0 Å². The molecule has 3 N–H and O–H groups in total. The van der Waals surface area contributed by atoms with Gasteiger partial charge in [-0.25, -0.2) is 19.4 Å². The van der Waals surface area contributed by atoms with Gasteiger partial charge in [0, 0.05) is 50.2 Å². The molecule has 40 heavy (non-hydrogen) atoms. The van der Waals surface area contributed by atoms with E-state index >= 15 is 0 Å². The summed E-state index contributed by atoms with van der Waals surface area (Å²) in [6.45, 7) is 6.65. The van der Waals surface area contributed by atoms with E-state index in [4.69, 9.17) is 4.74 Å². The fraction of sp³-hybridized carbons (Fsp3) is 0.333. The number of rotatable bonds is 7. The minimum Gasteiger partial charge on any atom is -0.379 e. The van der Waals surface area contributed by atoms with Crippen molar-refractivity contribution in [3.63, 3.8) is 0 Å². The van der Waals surface area contributed by atoms with Gasteiger partial charge in [0.1, 0.15) is 17.8 Å². The molecule has 1 aliphatic heterocycles. The Bertz CT molecular complexity index is 1520. The Balaban J connectivity index is 1.32. The maximum absolute atomic E-state index is 13.0. The third-order valence-corrected chi connectivity index (χ3v) is 6.64. The van der Waals surface area contributed by atoms with Gasteiger partial charge in [0.15, 0.2) is 5.65 Å². The number of anilines is 3. The molecular weight excluding hydrogens is 525 g/mol. The van der Waals surface area contributed by atoms with Gasteiger partial charge < -0.3 is 20.7 Å². The number of urea groups is 1. The number of hydrogen-bond donors (Lipinski definition) is 3. The first kappa shape index (κ1) is 27.3. The molecule has 13 heteroatoms. The first-order valence-corrected chi connectivity index (χ1v) is 12.8. The van der Waals surface area contributed by atoms with Crippen molar-refractivity contribution in [1.82, 2.24) is 24.6 Å². The topological polar surface area (TPSA) is 109 Å². The van der Waals surface area contributed by atoms with E-state index in [1.807, 2.05) is 26.1 Å². The summed E-state index contributed by atoms with van der Waals surface area (Å²) in [6.07, 6.45) is -2.99. The Hall–Kier alpha value is -4.23. The Labute approximate surface area is 228 Å². The van der Waals surface area contributed by atoms with Gasteiger partial charge in [-0.1, -0.05) is 12.1 Å². The zero-order chi connectivity index (χ0) is 28.3. The van der Waals surface area contributed by atoms with Crippen molar-refractivity contribution in [3.8, 4) is 11.3 Å². The Morgan fingerprint density at radius 2 is 1.88 bits per heavy atom. The van der Waals surface area contributed by atoms with Crippen molar-refractivity contribution in [2.24, 2.45) is 7.05 Å². The van der Waals surface area contributed by atoms with Crippen LogP contribution < -0.4 is 16.0 Å². The lowest BCUT2D eigenvalue weighted by Crippen LogP contribution is -2.39. The molecule has 1 aliphatic rings. The van der Waals surface area contributed by atoms with Gasteiger partial charge in [0.2, 0.25) is 0 Å². The van der Waals surface area contributed by atoms with Gasteiger partial charge in [-0.3, -0.25) is 4.90 Å². The smallest absolute Gasteiger partial charge is 0.379 e. The Kier molecular flexibility index (Phi) is 7.85. The van der Waals surface area contributed by atoms with Crippen LogP contribution in [0.4, 0.5) is 35.2 Å². The molecule has 0 atom stereocenters. The number of ether oxygens (including phenoxy) is 1. The SMILES string of the molecule is Cc1cc(-c2nn(C)c3ncnc(NCCN4CCOCC4)c23)ccc1NC(=O)Nc1cccc(C(F)(F)F)c1. The normalized spacial score (nSPS) is 14.3. The molecule has 2 amide bonds. The highest BCUT2D eigenvalue weighted by atomic mass is 19.4. The van der Waals surface area contributed by atoms with Crippen molar-refractivity contribution < 1.29 is 22.7 Å². The van der Waals surface area contributed by atoms with Crippen LogP contribution in [0.25, 0.3) is 22.3 Å². The number of benzene rings is 2. The first-order valence-electron chi connectivity index (χ1n) is 12.8. The molecule has 2 aromatic heterocycles. The highest BCUT2D eigenvalue weighted by Gasteiger charge is 2.30. The molecule has 1 saturated heterocycles. The van der Waals surface area contributed by atoms with E-state index in [0.29, 0.717) is 29.4 Å². The summed E-state index contributed by atoms with van der Waals surface area (Å²) in [5.41, 5.74) is 2.62. The van der Waals surface area contributed by atoms with Crippen molar-refractivity contribution in [1.29, 1.82) is 0 Å². The van der Waals surface area contributed by atoms with Gasteiger partial charge in [-0.15, -0.1) is 0 Å². The van der Waals surface area contributed by atoms with Crippen LogP contribution in [0.15, 0.2) is 48.8 Å². The highest BCUT2D eigenvalue weighted by molar-refractivity contribution is 6.01. The van der Waals surface area contributed by atoms with Gasteiger partial charge in [0.25, 0.3) is 0 Å². The Morgan fingerprint density at radius 1 is 1.07 bits per heavy atom. The minimum atomic E-state index is -4.50. The number of halogens is 3. The summed E-state index contributed by atoms with van der Waals surface area (Å²) in [7, 11) is 1.82. The number of fused-ring (bicyclic) bond motifs is 1.